The van der Waals surface area contributed by atoms with Gasteiger partial charge in [0.05, 0.1) is 6.20 Å². The summed E-state index contributed by atoms with van der Waals surface area (Å²) in [5.74, 6) is -0.0337. The van der Waals surface area contributed by atoms with Crippen LogP contribution in [0.3, 0.4) is 0 Å². The van der Waals surface area contributed by atoms with Crippen molar-refractivity contribution in [2.75, 3.05) is 6.54 Å². The van der Waals surface area contributed by atoms with E-state index in [1.54, 1.807) is 6.08 Å². The van der Waals surface area contributed by atoms with E-state index in [9.17, 15) is 4.79 Å². The highest BCUT2D eigenvalue weighted by Crippen LogP contribution is 2.03. The second-order valence-corrected chi connectivity index (χ2v) is 1.89. The molecule has 54 valence electrons. The highest BCUT2D eigenvalue weighted by Gasteiger charge is 2.09. The van der Waals surface area contributed by atoms with Gasteiger partial charge in [-0.3, -0.25) is 4.90 Å². The minimum Gasteiger partial charge on any atom is -0.506 e. The molecule has 1 aliphatic heterocycles. The van der Waals surface area contributed by atoms with Crippen LogP contribution in [0.15, 0.2) is 24.1 Å². The summed E-state index contributed by atoms with van der Waals surface area (Å²) in [7, 11) is 0. The first-order valence-electron chi connectivity index (χ1n) is 2.77. The van der Waals surface area contributed by atoms with Crippen molar-refractivity contribution in [3.05, 3.63) is 24.1 Å². The van der Waals surface area contributed by atoms with Crippen LogP contribution in [-0.2, 0) is 0 Å². The van der Waals surface area contributed by atoms with Crippen molar-refractivity contribution in [3.8, 4) is 0 Å². The zero-order valence-corrected chi connectivity index (χ0v) is 5.19. The number of amides is 1. The lowest BCUT2D eigenvalue weighted by Gasteiger charge is -2.14. The Morgan fingerprint density at radius 3 is 2.80 bits per heavy atom. The monoisotopic (exact) mass is 141 g/mol. The molecule has 10 heavy (non-hydrogen) atoms. The molecule has 2 N–H and O–H groups in total. The molecule has 0 fully saturated rings. The standard InChI is InChI=1S/C6H7NO3/c8-5-2-1-3-7(4-5)6(9)10/h1-2,4,8H,3H2,(H,9,10). The van der Waals surface area contributed by atoms with Crippen LogP contribution in [0.4, 0.5) is 4.79 Å². The fourth-order valence-electron chi connectivity index (χ4n) is 0.676. The van der Waals surface area contributed by atoms with Crippen LogP contribution in [0.2, 0.25) is 0 Å². The lowest BCUT2D eigenvalue weighted by molar-refractivity contribution is 0.164. The number of allylic oxidation sites excluding steroid dienone is 1. The lowest BCUT2D eigenvalue weighted by Crippen LogP contribution is -2.25. The van der Waals surface area contributed by atoms with Crippen molar-refractivity contribution in [2.45, 2.75) is 0 Å². The van der Waals surface area contributed by atoms with Crippen LogP contribution in [0, 0.1) is 0 Å². The van der Waals surface area contributed by atoms with Crippen LogP contribution in [-0.4, -0.2) is 27.8 Å². The lowest BCUT2D eigenvalue weighted by atomic mass is 10.3. The molecular weight excluding hydrogens is 134 g/mol. The van der Waals surface area contributed by atoms with Gasteiger partial charge in [-0.25, -0.2) is 4.79 Å². The number of carbonyl (C=O) groups is 1. The van der Waals surface area contributed by atoms with Crippen molar-refractivity contribution in [3.63, 3.8) is 0 Å². The predicted octanol–water partition coefficient (Wildman–Crippen LogP) is 0.936. The summed E-state index contributed by atoms with van der Waals surface area (Å²) in [5.41, 5.74) is 0. The molecule has 0 aromatic carbocycles. The maximum Gasteiger partial charge on any atom is 0.411 e. The molecule has 0 radical (unpaired) electrons. The van der Waals surface area contributed by atoms with E-state index in [2.05, 4.69) is 0 Å². The molecule has 0 spiro atoms. The molecule has 4 nitrogen and oxygen atoms in total. The first kappa shape index (κ1) is 6.67. The van der Waals surface area contributed by atoms with E-state index in [4.69, 9.17) is 10.2 Å². The molecule has 4 heteroatoms. The summed E-state index contributed by atoms with van der Waals surface area (Å²) in [6.45, 7) is 0.305. The van der Waals surface area contributed by atoms with Gasteiger partial charge in [-0.15, -0.1) is 0 Å². The number of aliphatic hydroxyl groups excluding tert-OH is 1. The van der Waals surface area contributed by atoms with Crippen molar-refractivity contribution in [1.29, 1.82) is 0 Å². The summed E-state index contributed by atoms with van der Waals surface area (Å²) in [4.78, 5) is 11.2. The molecule has 1 heterocycles. The second-order valence-electron chi connectivity index (χ2n) is 1.89. The molecule has 0 aromatic rings. The SMILES string of the molecule is O=C(O)N1C=C(O)C=CC1. The maximum absolute atomic E-state index is 10.2. The minimum atomic E-state index is -1.06. The van der Waals surface area contributed by atoms with Gasteiger partial charge >= 0.3 is 6.09 Å². The topological polar surface area (TPSA) is 60.8 Å². The maximum atomic E-state index is 10.2. The van der Waals surface area contributed by atoms with Crippen LogP contribution in [0.1, 0.15) is 0 Å². The van der Waals surface area contributed by atoms with Gasteiger partial charge in [0.2, 0.25) is 0 Å². The van der Waals surface area contributed by atoms with E-state index in [-0.39, 0.29) is 5.76 Å². The summed E-state index contributed by atoms with van der Waals surface area (Å²) in [6.07, 6.45) is 3.14. The van der Waals surface area contributed by atoms with Crippen molar-refractivity contribution in [2.24, 2.45) is 0 Å². The molecule has 0 saturated carbocycles. The Morgan fingerprint density at radius 1 is 1.70 bits per heavy atom. The Balaban J connectivity index is 2.69. The quantitative estimate of drug-likeness (QED) is 0.527. The van der Waals surface area contributed by atoms with E-state index in [1.165, 1.54) is 12.3 Å². The second kappa shape index (κ2) is 2.43. The smallest absolute Gasteiger partial charge is 0.411 e. The summed E-state index contributed by atoms with van der Waals surface area (Å²) < 4.78 is 0. The molecule has 0 aromatic heterocycles. The van der Waals surface area contributed by atoms with Crippen LogP contribution < -0.4 is 0 Å². The molecule has 0 saturated heterocycles. The summed E-state index contributed by atoms with van der Waals surface area (Å²) >= 11 is 0. The highest BCUT2D eigenvalue weighted by atomic mass is 16.4. The Labute approximate surface area is 57.7 Å². The Hall–Kier alpha value is -1.45. The third kappa shape index (κ3) is 1.28. The molecule has 0 unspecified atom stereocenters. The average molecular weight is 141 g/mol. The van der Waals surface area contributed by atoms with Gasteiger partial charge in [0, 0.05) is 6.54 Å². The van der Waals surface area contributed by atoms with Crippen molar-refractivity contribution in [1.82, 2.24) is 4.90 Å². The van der Waals surface area contributed by atoms with Gasteiger partial charge < -0.3 is 10.2 Å². The number of carboxylic acid groups (broad SMARTS) is 1. The van der Waals surface area contributed by atoms with Gasteiger partial charge in [-0.1, -0.05) is 6.08 Å². The van der Waals surface area contributed by atoms with E-state index in [1.807, 2.05) is 0 Å². The first-order valence-corrected chi connectivity index (χ1v) is 2.77. The van der Waals surface area contributed by atoms with Crippen LogP contribution in [0.5, 0.6) is 0 Å². The summed E-state index contributed by atoms with van der Waals surface area (Å²) in [5, 5.41) is 17.2. The Kier molecular flexibility index (Phi) is 1.62. The predicted molar refractivity (Wildman–Crippen MR) is 34.6 cm³/mol. The molecule has 0 atom stereocenters. The van der Waals surface area contributed by atoms with Crippen molar-refractivity contribution >= 4 is 6.09 Å². The molecule has 1 amide bonds. The number of hydrogen-bond donors (Lipinski definition) is 2. The molecule has 0 bridgehead atoms. The van der Waals surface area contributed by atoms with E-state index < -0.39 is 6.09 Å². The van der Waals surface area contributed by atoms with Crippen LogP contribution >= 0.6 is 0 Å². The van der Waals surface area contributed by atoms with E-state index >= 15 is 0 Å². The largest absolute Gasteiger partial charge is 0.506 e. The van der Waals surface area contributed by atoms with E-state index in [0.29, 0.717) is 6.54 Å². The Morgan fingerprint density at radius 2 is 2.40 bits per heavy atom. The zero-order valence-electron chi connectivity index (χ0n) is 5.19. The fraction of sp³-hybridized carbons (Fsp3) is 0.167. The van der Waals surface area contributed by atoms with Gasteiger partial charge in [0.15, 0.2) is 0 Å². The fourth-order valence-corrected chi connectivity index (χ4v) is 0.676. The van der Waals surface area contributed by atoms with Gasteiger partial charge in [0.1, 0.15) is 5.76 Å². The van der Waals surface area contributed by atoms with Crippen molar-refractivity contribution < 1.29 is 15.0 Å². The minimum absolute atomic E-state index is 0.0337. The summed E-state index contributed by atoms with van der Waals surface area (Å²) in [6, 6.07) is 0. The highest BCUT2D eigenvalue weighted by molar-refractivity contribution is 5.67. The normalized spacial score (nSPS) is 16.8. The van der Waals surface area contributed by atoms with E-state index in [0.717, 1.165) is 4.90 Å². The van der Waals surface area contributed by atoms with Crippen LogP contribution in [0.25, 0.3) is 0 Å². The van der Waals surface area contributed by atoms with Gasteiger partial charge in [-0.05, 0) is 6.08 Å². The average Bonchev–Trinajstić information content (AvgIpc) is 1.88. The first-order chi connectivity index (χ1) is 4.70. The van der Waals surface area contributed by atoms with Gasteiger partial charge in [-0.2, -0.15) is 0 Å². The Bertz CT molecular complexity index is 207. The number of aliphatic hydroxyl groups is 1. The number of nitrogens with zero attached hydrogens (tertiary/aromatic N) is 1. The number of rotatable bonds is 0. The third-order valence-electron chi connectivity index (χ3n) is 1.12. The zero-order chi connectivity index (χ0) is 7.56. The third-order valence-corrected chi connectivity index (χ3v) is 1.12. The number of hydrogen-bond acceptors (Lipinski definition) is 2. The van der Waals surface area contributed by atoms with Gasteiger partial charge in [0.25, 0.3) is 0 Å². The molecular formula is C6H7NO3. The molecule has 0 aliphatic carbocycles. The molecule has 1 rings (SSSR count). The molecule has 1 aliphatic rings.